The third kappa shape index (κ3) is 2.83. The predicted molar refractivity (Wildman–Crippen MR) is 71.1 cm³/mol. The normalized spacial score (nSPS) is 20.6. The molecule has 2 heteroatoms. The van der Waals surface area contributed by atoms with E-state index >= 15 is 0 Å². The molecule has 1 heterocycles. The Bertz CT molecular complexity index is 479. The maximum Gasteiger partial charge on any atom is 0.113 e. The van der Waals surface area contributed by atoms with E-state index in [1.807, 2.05) is 18.2 Å². The second-order valence-corrected chi connectivity index (χ2v) is 5.32. The van der Waals surface area contributed by atoms with Gasteiger partial charge in [-0.05, 0) is 38.5 Å². The largest absolute Gasteiger partial charge is 0.362 e. The highest BCUT2D eigenvalue weighted by atomic mass is 35.5. The first-order valence-electron chi connectivity index (χ1n) is 6.00. The number of halogens is 1. The molecule has 0 bridgehead atoms. The smallest absolute Gasteiger partial charge is 0.113 e. The molecule has 1 atom stereocenters. The molecule has 1 fully saturated rings. The second kappa shape index (κ2) is 4.72. The van der Waals surface area contributed by atoms with Crippen LogP contribution in [-0.4, -0.2) is 5.60 Å². The molecular weight excluding hydrogens is 232 g/mol. The van der Waals surface area contributed by atoms with Crippen LogP contribution in [0.25, 0.3) is 0 Å². The van der Waals surface area contributed by atoms with Gasteiger partial charge in [0.25, 0.3) is 0 Å². The highest BCUT2D eigenvalue weighted by Gasteiger charge is 2.49. The quantitative estimate of drug-likeness (QED) is 0.560. The van der Waals surface area contributed by atoms with Crippen molar-refractivity contribution in [3.8, 4) is 11.8 Å². The van der Waals surface area contributed by atoms with Gasteiger partial charge in [-0.15, -0.1) is 0 Å². The van der Waals surface area contributed by atoms with Crippen LogP contribution in [0.5, 0.6) is 0 Å². The Morgan fingerprint density at radius 1 is 1.41 bits per heavy atom. The van der Waals surface area contributed by atoms with Crippen LogP contribution in [0.4, 0.5) is 0 Å². The van der Waals surface area contributed by atoms with Gasteiger partial charge in [0.15, 0.2) is 0 Å². The molecule has 0 aliphatic carbocycles. The van der Waals surface area contributed by atoms with Gasteiger partial charge in [-0.2, -0.15) is 0 Å². The number of rotatable bonds is 2. The van der Waals surface area contributed by atoms with Crippen molar-refractivity contribution >= 4 is 11.6 Å². The van der Waals surface area contributed by atoms with Gasteiger partial charge in [0.05, 0.1) is 5.60 Å². The topological polar surface area (TPSA) is 12.5 Å². The first-order valence-corrected chi connectivity index (χ1v) is 6.38. The van der Waals surface area contributed by atoms with Crippen molar-refractivity contribution < 1.29 is 4.74 Å². The van der Waals surface area contributed by atoms with Crippen molar-refractivity contribution in [1.82, 2.24) is 0 Å². The van der Waals surface area contributed by atoms with Crippen LogP contribution < -0.4 is 0 Å². The van der Waals surface area contributed by atoms with E-state index in [9.17, 15) is 0 Å². The summed E-state index contributed by atoms with van der Waals surface area (Å²) in [6.45, 7) is 6.30. The zero-order valence-electron chi connectivity index (χ0n) is 10.5. The Labute approximate surface area is 108 Å². The third-order valence-corrected chi connectivity index (χ3v) is 3.13. The van der Waals surface area contributed by atoms with Gasteiger partial charge in [-0.1, -0.05) is 30.4 Å². The minimum absolute atomic E-state index is 0.0775. The Kier molecular flexibility index (Phi) is 3.47. The lowest BCUT2D eigenvalue weighted by Crippen LogP contribution is -1.99. The Morgan fingerprint density at radius 2 is 2.12 bits per heavy atom. The van der Waals surface area contributed by atoms with Gasteiger partial charge in [0.2, 0.25) is 0 Å². The summed E-state index contributed by atoms with van der Waals surface area (Å²) in [6, 6.07) is 5.84. The van der Waals surface area contributed by atoms with Crippen LogP contribution in [0.2, 0.25) is 5.02 Å². The van der Waals surface area contributed by atoms with E-state index in [1.165, 1.54) is 0 Å². The molecular formula is C15H17ClO. The summed E-state index contributed by atoms with van der Waals surface area (Å²) in [4.78, 5) is 0. The lowest BCUT2D eigenvalue weighted by Gasteiger charge is -2.03. The lowest BCUT2D eigenvalue weighted by atomic mass is 9.98. The van der Waals surface area contributed by atoms with E-state index in [0.29, 0.717) is 0 Å². The van der Waals surface area contributed by atoms with Crippen LogP contribution in [0.3, 0.4) is 0 Å². The van der Waals surface area contributed by atoms with Crippen molar-refractivity contribution in [3.63, 3.8) is 0 Å². The predicted octanol–water partition coefficient (Wildman–Crippen LogP) is 4.34. The molecule has 1 saturated heterocycles. The molecule has 0 saturated carbocycles. The van der Waals surface area contributed by atoms with Gasteiger partial charge >= 0.3 is 0 Å². The summed E-state index contributed by atoms with van der Waals surface area (Å²) in [5, 5.41) is 0.743. The second-order valence-electron chi connectivity index (χ2n) is 4.88. The van der Waals surface area contributed by atoms with Gasteiger partial charge in [-0.3, -0.25) is 0 Å². The summed E-state index contributed by atoms with van der Waals surface area (Å²) < 4.78 is 5.67. The van der Waals surface area contributed by atoms with Crippen molar-refractivity contribution in [3.05, 3.63) is 34.3 Å². The standard InChI is InChI=1S/C15H17ClO/c1-4-5-6-7-11-8-9-12(16)10-13(11)14-15(2,3)17-14/h8-10,14H,4-5H2,1-3H3. The summed E-state index contributed by atoms with van der Waals surface area (Å²) in [5.41, 5.74) is 2.08. The number of hydrogen-bond acceptors (Lipinski definition) is 1. The van der Waals surface area contributed by atoms with E-state index < -0.39 is 0 Å². The molecule has 1 aromatic carbocycles. The highest BCUT2D eigenvalue weighted by molar-refractivity contribution is 6.30. The zero-order valence-corrected chi connectivity index (χ0v) is 11.3. The summed E-state index contributed by atoms with van der Waals surface area (Å²) in [5.74, 6) is 6.38. The Balaban J connectivity index is 2.30. The molecule has 0 N–H and O–H groups in total. The van der Waals surface area contributed by atoms with Crippen LogP contribution in [0.1, 0.15) is 50.8 Å². The van der Waals surface area contributed by atoms with Crippen molar-refractivity contribution in [2.75, 3.05) is 0 Å². The fourth-order valence-electron chi connectivity index (χ4n) is 1.85. The van der Waals surface area contributed by atoms with E-state index in [-0.39, 0.29) is 11.7 Å². The molecule has 2 rings (SSSR count). The molecule has 1 nitrogen and oxygen atoms in total. The molecule has 1 unspecified atom stereocenters. The van der Waals surface area contributed by atoms with E-state index in [2.05, 4.69) is 32.6 Å². The Hall–Kier alpha value is -0.970. The number of epoxide rings is 1. The molecule has 90 valence electrons. The Morgan fingerprint density at radius 3 is 2.71 bits per heavy atom. The SMILES string of the molecule is CCCC#Cc1ccc(Cl)cc1C1OC1(C)C. The average Bonchev–Trinajstić information content (AvgIpc) is 2.90. The van der Waals surface area contributed by atoms with Gasteiger partial charge in [0, 0.05) is 22.6 Å². The van der Waals surface area contributed by atoms with Gasteiger partial charge in [0.1, 0.15) is 6.10 Å². The molecule has 17 heavy (non-hydrogen) atoms. The maximum absolute atomic E-state index is 6.04. The molecule has 1 aliphatic rings. The molecule has 0 amide bonds. The third-order valence-electron chi connectivity index (χ3n) is 2.89. The minimum Gasteiger partial charge on any atom is -0.362 e. The lowest BCUT2D eigenvalue weighted by molar-refractivity contribution is 0.325. The fourth-order valence-corrected chi connectivity index (χ4v) is 2.04. The number of unbranched alkanes of at least 4 members (excludes halogenated alkanes) is 1. The molecule has 0 spiro atoms. The zero-order chi connectivity index (χ0) is 12.5. The highest BCUT2D eigenvalue weighted by Crippen LogP contribution is 2.50. The van der Waals surface area contributed by atoms with Gasteiger partial charge in [-0.25, -0.2) is 0 Å². The number of benzene rings is 1. The first kappa shape index (κ1) is 12.5. The van der Waals surface area contributed by atoms with Crippen LogP contribution in [0, 0.1) is 11.8 Å². The summed E-state index contributed by atoms with van der Waals surface area (Å²) in [6.07, 6.45) is 2.14. The van der Waals surface area contributed by atoms with Crippen molar-refractivity contribution in [2.24, 2.45) is 0 Å². The van der Waals surface area contributed by atoms with E-state index in [0.717, 1.165) is 29.0 Å². The minimum atomic E-state index is -0.0775. The van der Waals surface area contributed by atoms with Crippen molar-refractivity contribution in [1.29, 1.82) is 0 Å². The van der Waals surface area contributed by atoms with Crippen LogP contribution in [-0.2, 0) is 4.74 Å². The fraction of sp³-hybridized carbons (Fsp3) is 0.467. The monoisotopic (exact) mass is 248 g/mol. The molecule has 1 aliphatic heterocycles. The van der Waals surface area contributed by atoms with Crippen LogP contribution >= 0.6 is 11.6 Å². The van der Waals surface area contributed by atoms with E-state index in [1.54, 1.807) is 0 Å². The van der Waals surface area contributed by atoms with Crippen molar-refractivity contribution in [2.45, 2.75) is 45.3 Å². The number of ether oxygens (including phenoxy) is 1. The van der Waals surface area contributed by atoms with Gasteiger partial charge < -0.3 is 4.74 Å². The molecule has 0 radical (unpaired) electrons. The summed E-state index contributed by atoms with van der Waals surface area (Å²) in [7, 11) is 0. The molecule has 1 aromatic rings. The number of hydrogen-bond donors (Lipinski definition) is 0. The van der Waals surface area contributed by atoms with Crippen LogP contribution in [0.15, 0.2) is 18.2 Å². The first-order chi connectivity index (χ1) is 8.04. The maximum atomic E-state index is 6.04. The summed E-state index contributed by atoms with van der Waals surface area (Å²) >= 11 is 6.04. The average molecular weight is 249 g/mol. The molecule has 0 aromatic heterocycles. The van der Waals surface area contributed by atoms with E-state index in [4.69, 9.17) is 16.3 Å².